The molecule has 0 bridgehead atoms. The van der Waals surface area contributed by atoms with Crippen molar-refractivity contribution in [2.45, 2.75) is 0 Å². The summed E-state index contributed by atoms with van der Waals surface area (Å²) in [6.07, 6.45) is 4.12. The zero-order valence-electron chi connectivity index (χ0n) is 16.7. The van der Waals surface area contributed by atoms with Crippen molar-refractivity contribution in [1.82, 2.24) is 14.7 Å². The predicted octanol–water partition coefficient (Wildman–Crippen LogP) is 2.85. The van der Waals surface area contributed by atoms with E-state index in [1.807, 2.05) is 30.8 Å². The molecule has 0 atom stereocenters. The number of amides is 1. The molecule has 0 aliphatic heterocycles. The highest BCUT2D eigenvalue weighted by Gasteiger charge is 2.10. The number of nitrogens with zero attached hydrogens (tertiary/aromatic N) is 4. The van der Waals surface area contributed by atoms with Crippen molar-refractivity contribution in [3.63, 3.8) is 0 Å². The first-order valence-electron chi connectivity index (χ1n) is 9.51. The van der Waals surface area contributed by atoms with Gasteiger partial charge in [-0.1, -0.05) is 12.1 Å². The third kappa shape index (κ3) is 5.39. The normalized spacial score (nSPS) is 10.9. The van der Waals surface area contributed by atoms with E-state index in [0.29, 0.717) is 13.1 Å². The summed E-state index contributed by atoms with van der Waals surface area (Å²) in [5.41, 5.74) is 5.15. The smallest absolute Gasteiger partial charge is 0.229 e. The van der Waals surface area contributed by atoms with Gasteiger partial charge in [-0.15, -0.1) is 0 Å². The Bertz CT molecular complexity index is 955. The summed E-state index contributed by atoms with van der Waals surface area (Å²) < 4.78 is 2.04. The monoisotopic (exact) mass is 429 g/mol. The molecule has 0 unspecified atom stereocenters. The molecular weight excluding hydrogens is 402 g/mol. The van der Waals surface area contributed by atoms with E-state index in [-0.39, 0.29) is 11.7 Å². The SMILES string of the molecule is CN(C)c1ccc(-c2cn3cc(N(CCS)CCNC(=O)CS)ccc3n2)cc1. The molecule has 0 aliphatic carbocycles. The second kappa shape index (κ2) is 9.93. The summed E-state index contributed by atoms with van der Waals surface area (Å²) in [4.78, 5) is 20.5. The minimum absolute atomic E-state index is 0.0610. The second-order valence-corrected chi connectivity index (χ2v) is 7.70. The van der Waals surface area contributed by atoms with Gasteiger partial charge in [0.05, 0.1) is 17.1 Å². The van der Waals surface area contributed by atoms with Crippen molar-refractivity contribution >= 4 is 48.2 Å². The van der Waals surface area contributed by atoms with Crippen LogP contribution in [0.25, 0.3) is 16.9 Å². The van der Waals surface area contributed by atoms with Crippen molar-refractivity contribution in [1.29, 1.82) is 0 Å². The average molecular weight is 430 g/mol. The number of rotatable bonds is 9. The number of anilines is 2. The van der Waals surface area contributed by atoms with Crippen LogP contribution in [0.2, 0.25) is 0 Å². The molecule has 8 heteroatoms. The van der Waals surface area contributed by atoms with Crippen LogP contribution in [0.5, 0.6) is 0 Å². The third-order valence-electron chi connectivity index (χ3n) is 4.70. The molecular formula is C21H27N5OS2. The van der Waals surface area contributed by atoms with Crippen LogP contribution in [0, 0.1) is 0 Å². The van der Waals surface area contributed by atoms with Gasteiger partial charge in [-0.25, -0.2) is 4.98 Å². The molecule has 0 radical (unpaired) electrons. The van der Waals surface area contributed by atoms with E-state index in [9.17, 15) is 4.79 Å². The molecule has 6 nitrogen and oxygen atoms in total. The number of fused-ring (bicyclic) bond motifs is 1. The first kappa shape index (κ1) is 21.4. The predicted molar refractivity (Wildman–Crippen MR) is 128 cm³/mol. The van der Waals surface area contributed by atoms with E-state index in [0.717, 1.165) is 40.6 Å². The number of hydrogen-bond donors (Lipinski definition) is 3. The molecule has 1 amide bonds. The molecule has 0 saturated carbocycles. The number of benzene rings is 1. The van der Waals surface area contributed by atoms with E-state index in [1.165, 1.54) is 0 Å². The molecule has 1 aromatic carbocycles. The number of aromatic nitrogens is 2. The van der Waals surface area contributed by atoms with Gasteiger partial charge in [0.25, 0.3) is 0 Å². The lowest BCUT2D eigenvalue weighted by Crippen LogP contribution is -2.36. The molecule has 2 heterocycles. The fourth-order valence-corrected chi connectivity index (χ4v) is 3.47. The molecule has 0 saturated heterocycles. The number of pyridine rings is 1. The Labute approximate surface area is 182 Å². The van der Waals surface area contributed by atoms with Crippen molar-refractivity contribution in [3.8, 4) is 11.3 Å². The summed E-state index contributed by atoms with van der Waals surface area (Å²) in [7, 11) is 4.06. The standard InChI is InChI=1S/C21H27N5OS2/c1-24(2)17-5-3-16(4-6-17)19-14-26-13-18(7-8-20(26)23-19)25(11-12-28)10-9-22-21(27)15-29/h3-8,13-14,28-29H,9-12,15H2,1-2H3,(H,22,27). The highest BCUT2D eigenvalue weighted by atomic mass is 32.1. The Morgan fingerprint density at radius 1 is 1.03 bits per heavy atom. The number of nitrogens with one attached hydrogen (secondary N) is 1. The summed E-state index contributed by atoms with van der Waals surface area (Å²) in [6, 6.07) is 12.5. The van der Waals surface area contributed by atoms with Gasteiger partial charge in [-0.3, -0.25) is 4.79 Å². The molecule has 154 valence electrons. The second-order valence-electron chi connectivity index (χ2n) is 6.94. The van der Waals surface area contributed by atoms with E-state index in [4.69, 9.17) is 4.98 Å². The Balaban J connectivity index is 1.80. The van der Waals surface area contributed by atoms with Gasteiger partial charge in [-0.2, -0.15) is 25.3 Å². The molecule has 0 aliphatic rings. The lowest BCUT2D eigenvalue weighted by Gasteiger charge is -2.24. The van der Waals surface area contributed by atoms with E-state index < -0.39 is 0 Å². The van der Waals surface area contributed by atoms with Crippen LogP contribution in [0.4, 0.5) is 11.4 Å². The molecule has 2 aromatic heterocycles. The zero-order valence-corrected chi connectivity index (χ0v) is 18.5. The number of hydrogen-bond acceptors (Lipinski definition) is 6. The third-order valence-corrected chi connectivity index (χ3v) is 5.18. The first-order chi connectivity index (χ1) is 14.0. The average Bonchev–Trinajstić information content (AvgIpc) is 3.16. The van der Waals surface area contributed by atoms with Gasteiger partial charge in [-0.05, 0) is 24.3 Å². The lowest BCUT2D eigenvalue weighted by atomic mass is 10.1. The Morgan fingerprint density at radius 3 is 2.41 bits per heavy atom. The van der Waals surface area contributed by atoms with Crippen molar-refractivity contribution in [3.05, 3.63) is 48.8 Å². The van der Waals surface area contributed by atoms with Crippen molar-refractivity contribution < 1.29 is 4.79 Å². The summed E-state index contributed by atoms with van der Waals surface area (Å²) in [6.45, 7) is 2.07. The maximum atomic E-state index is 11.4. The Morgan fingerprint density at radius 2 is 1.76 bits per heavy atom. The van der Waals surface area contributed by atoms with Crippen LogP contribution in [0.15, 0.2) is 48.8 Å². The van der Waals surface area contributed by atoms with Gasteiger partial charge in [0.2, 0.25) is 5.91 Å². The molecule has 0 fully saturated rings. The van der Waals surface area contributed by atoms with Crippen LogP contribution in [-0.2, 0) is 4.79 Å². The summed E-state index contributed by atoms with van der Waals surface area (Å²) >= 11 is 8.36. The zero-order chi connectivity index (χ0) is 20.8. The van der Waals surface area contributed by atoms with Gasteiger partial charge in [0.1, 0.15) is 5.65 Å². The minimum Gasteiger partial charge on any atom is -0.378 e. The van der Waals surface area contributed by atoms with E-state index >= 15 is 0 Å². The van der Waals surface area contributed by atoms with E-state index in [2.05, 4.69) is 76.9 Å². The summed E-state index contributed by atoms with van der Waals surface area (Å²) in [5.74, 6) is 0.867. The number of thiol groups is 2. The summed E-state index contributed by atoms with van der Waals surface area (Å²) in [5, 5.41) is 2.86. The number of carbonyl (C=O) groups is 1. The highest BCUT2D eigenvalue weighted by molar-refractivity contribution is 7.81. The van der Waals surface area contributed by atoms with Crippen molar-refractivity contribution in [2.75, 3.05) is 55.0 Å². The van der Waals surface area contributed by atoms with Crippen LogP contribution < -0.4 is 15.1 Å². The molecule has 1 N–H and O–H groups in total. The largest absolute Gasteiger partial charge is 0.378 e. The fraction of sp³-hybridized carbons (Fsp3) is 0.333. The van der Waals surface area contributed by atoms with Gasteiger partial charge in [0, 0.05) is 63.1 Å². The van der Waals surface area contributed by atoms with Crippen molar-refractivity contribution in [2.24, 2.45) is 0 Å². The van der Waals surface area contributed by atoms with Crippen LogP contribution in [-0.4, -0.2) is 60.5 Å². The Kier molecular flexibility index (Phi) is 7.33. The maximum absolute atomic E-state index is 11.4. The highest BCUT2D eigenvalue weighted by Crippen LogP contribution is 2.24. The van der Waals surface area contributed by atoms with Gasteiger partial charge >= 0.3 is 0 Å². The minimum atomic E-state index is -0.0610. The number of carbonyl (C=O) groups excluding carboxylic acids is 1. The van der Waals surface area contributed by atoms with E-state index in [1.54, 1.807) is 0 Å². The lowest BCUT2D eigenvalue weighted by molar-refractivity contribution is -0.118. The molecule has 3 aromatic rings. The number of imidazole rings is 1. The van der Waals surface area contributed by atoms with Crippen LogP contribution >= 0.6 is 25.3 Å². The molecule has 0 spiro atoms. The molecule has 3 rings (SSSR count). The first-order valence-corrected chi connectivity index (χ1v) is 10.8. The van der Waals surface area contributed by atoms with Gasteiger partial charge in [0.15, 0.2) is 0 Å². The van der Waals surface area contributed by atoms with Crippen LogP contribution in [0.1, 0.15) is 0 Å². The fourth-order valence-electron chi connectivity index (χ4n) is 3.11. The molecule has 29 heavy (non-hydrogen) atoms. The van der Waals surface area contributed by atoms with Gasteiger partial charge < -0.3 is 19.5 Å². The Hall–Kier alpha value is -2.32. The quantitative estimate of drug-likeness (QED) is 0.458. The van der Waals surface area contributed by atoms with Crippen LogP contribution in [0.3, 0.4) is 0 Å². The maximum Gasteiger partial charge on any atom is 0.229 e. The topological polar surface area (TPSA) is 52.9 Å².